The van der Waals surface area contributed by atoms with Crippen molar-refractivity contribution >= 4 is 0 Å². The molecule has 0 saturated carbocycles. The Kier molecular flexibility index (Phi) is 5.69. The van der Waals surface area contributed by atoms with Gasteiger partial charge in [-0.3, -0.25) is 4.68 Å². The first-order chi connectivity index (χ1) is 8.04. The van der Waals surface area contributed by atoms with Crippen molar-refractivity contribution in [2.45, 2.75) is 46.6 Å². The number of hydrogen-bond acceptors (Lipinski definition) is 2. The van der Waals surface area contributed by atoms with Gasteiger partial charge in [-0.05, 0) is 44.2 Å². The Balaban J connectivity index is 2.59. The van der Waals surface area contributed by atoms with E-state index < -0.39 is 0 Å². The van der Waals surface area contributed by atoms with E-state index in [-0.39, 0.29) is 0 Å². The summed E-state index contributed by atoms with van der Waals surface area (Å²) in [6.07, 6.45) is 4.28. The third-order valence-corrected chi connectivity index (χ3v) is 3.43. The summed E-state index contributed by atoms with van der Waals surface area (Å²) in [4.78, 5) is 0. The summed E-state index contributed by atoms with van der Waals surface area (Å²) in [6, 6.07) is 2.68. The first-order valence-corrected chi connectivity index (χ1v) is 6.76. The highest BCUT2D eigenvalue weighted by atomic mass is 15.2. The molecule has 98 valence electrons. The molecule has 0 aromatic carbocycles. The van der Waals surface area contributed by atoms with Gasteiger partial charge in [0.25, 0.3) is 0 Å². The lowest BCUT2D eigenvalue weighted by Gasteiger charge is -2.27. The van der Waals surface area contributed by atoms with Gasteiger partial charge in [0.1, 0.15) is 0 Å². The van der Waals surface area contributed by atoms with E-state index in [9.17, 15) is 0 Å². The van der Waals surface area contributed by atoms with Crippen molar-refractivity contribution in [2.75, 3.05) is 6.54 Å². The lowest BCUT2D eigenvalue weighted by Crippen LogP contribution is -2.37. The molecular weight excluding hydrogens is 210 g/mol. The molecule has 1 rings (SSSR count). The van der Waals surface area contributed by atoms with Crippen LogP contribution in [0.4, 0.5) is 0 Å². The molecule has 0 bridgehead atoms. The fourth-order valence-corrected chi connectivity index (χ4v) is 2.33. The maximum atomic E-state index is 4.48. The predicted octanol–water partition coefficient (Wildman–Crippen LogP) is 2.62. The van der Waals surface area contributed by atoms with Crippen molar-refractivity contribution in [1.29, 1.82) is 0 Å². The summed E-state index contributed by atoms with van der Waals surface area (Å²) in [5.41, 5.74) is 1.20. The van der Waals surface area contributed by atoms with Crippen LogP contribution in [0.25, 0.3) is 0 Å². The molecule has 0 aliphatic heterocycles. The van der Waals surface area contributed by atoms with E-state index in [1.807, 2.05) is 17.9 Å². The van der Waals surface area contributed by atoms with E-state index in [0.717, 1.165) is 13.0 Å². The van der Waals surface area contributed by atoms with Crippen LogP contribution in [0, 0.1) is 11.8 Å². The monoisotopic (exact) mass is 237 g/mol. The van der Waals surface area contributed by atoms with Gasteiger partial charge in [0.2, 0.25) is 0 Å². The fraction of sp³-hybridized carbons (Fsp3) is 0.786. The normalized spacial score (nSPS) is 15.2. The Bertz CT molecular complexity index is 317. The molecule has 0 fully saturated rings. The zero-order valence-corrected chi connectivity index (χ0v) is 11.9. The number of aryl methyl sites for hydroxylation is 1. The van der Waals surface area contributed by atoms with Crippen molar-refractivity contribution in [3.8, 4) is 0 Å². The molecular formula is C14H27N3. The van der Waals surface area contributed by atoms with Crippen LogP contribution in [0.3, 0.4) is 0 Å². The molecule has 17 heavy (non-hydrogen) atoms. The molecule has 1 heterocycles. The molecule has 3 heteroatoms. The van der Waals surface area contributed by atoms with Crippen LogP contribution in [0.5, 0.6) is 0 Å². The van der Waals surface area contributed by atoms with Crippen LogP contribution in [-0.4, -0.2) is 22.4 Å². The lowest BCUT2D eigenvalue weighted by molar-refractivity contribution is 0.286. The highest BCUT2D eigenvalue weighted by Gasteiger charge is 2.21. The Morgan fingerprint density at radius 1 is 1.35 bits per heavy atom. The van der Waals surface area contributed by atoms with E-state index in [0.29, 0.717) is 17.9 Å². The van der Waals surface area contributed by atoms with Crippen molar-refractivity contribution in [3.63, 3.8) is 0 Å². The molecule has 0 aliphatic carbocycles. The molecule has 0 aliphatic rings. The van der Waals surface area contributed by atoms with Gasteiger partial charge in [-0.25, -0.2) is 0 Å². The molecule has 0 saturated heterocycles. The second kappa shape index (κ2) is 6.80. The first-order valence-electron chi connectivity index (χ1n) is 6.76. The Morgan fingerprint density at radius 3 is 2.53 bits per heavy atom. The molecule has 1 N–H and O–H groups in total. The molecule has 1 aromatic heterocycles. The van der Waals surface area contributed by atoms with Crippen molar-refractivity contribution in [2.24, 2.45) is 18.9 Å². The van der Waals surface area contributed by atoms with Crippen molar-refractivity contribution in [1.82, 2.24) is 15.1 Å². The Morgan fingerprint density at radius 2 is 2.06 bits per heavy atom. The van der Waals surface area contributed by atoms with Crippen molar-refractivity contribution in [3.05, 3.63) is 18.0 Å². The standard InChI is InChI=1S/C14H27N3/c1-6-8-15-12(4)14(11(2)3)10-13-7-9-17(5)16-13/h7,9,11-12,14-15H,6,8,10H2,1-5H3. The number of nitrogens with zero attached hydrogens (tertiary/aromatic N) is 2. The second-order valence-electron chi connectivity index (χ2n) is 5.34. The third kappa shape index (κ3) is 4.50. The van der Waals surface area contributed by atoms with E-state index in [1.165, 1.54) is 12.1 Å². The van der Waals surface area contributed by atoms with Crippen LogP contribution in [0.15, 0.2) is 12.3 Å². The topological polar surface area (TPSA) is 29.9 Å². The average Bonchev–Trinajstić information content (AvgIpc) is 2.68. The molecule has 2 atom stereocenters. The summed E-state index contributed by atoms with van der Waals surface area (Å²) in [5, 5.41) is 8.09. The summed E-state index contributed by atoms with van der Waals surface area (Å²) >= 11 is 0. The highest BCUT2D eigenvalue weighted by molar-refractivity contribution is 5.01. The van der Waals surface area contributed by atoms with Crippen LogP contribution in [-0.2, 0) is 13.5 Å². The first kappa shape index (κ1) is 14.2. The van der Waals surface area contributed by atoms with Gasteiger partial charge < -0.3 is 5.32 Å². The SMILES string of the molecule is CCCNC(C)C(Cc1ccn(C)n1)C(C)C. The number of nitrogens with one attached hydrogen (secondary N) is 1. The zero-order valence-electron chi connectivity index (χ0n) is 11.9. The molecule has 0 amide bonds. The molecule has 0 radical (unpaired) electrons. The zero-order chi connectivity index (χ0) is 12.8. The van der Waals surface area contributed by atoms with Gasteiger partial charge in [-0.1, -0.05) is 20.8 Å². The van der Waals surface area contributed by atoms with Gasteiger partial charge in [0.15, 0.2) is 0 Å². The van der Waals surface area contributed by atoms with Crippen LogP contribution >= 0.6 is 0 Å². The van der Waals surface area contributed by atoms with Crippen LogP contribution in [0.1, 0.15) is 39.8 Å². The quantitative estimate of drug-likeness (QED) is 0.790. The number of hydrogen-bond donors (Lipinski definition) is 1. The molecule has 0 spiro atoms. The van der Waals surface area contributed by atoms with Gasteiger partial charge in [-0.15, -0.1) is 0 Å². The summed E-state index contributed by atoms with van der Waals surface area (Å²) < 4.78 is 1.89. The Hall–Kier alpha value is -0.830. The highest BCUT2D eigenvalue weighted by Crippen LogP contribution is 2.20. The third-order valence-electron chi connectivity index (χ3n) is 3.43. The number of aromatic nitrogens is 2. The van der Waals surface area contributed by atoms with Crippen molar-refractivity contribution < 1.29 is 0 Å². The van der Waals surface area contributed by atoms with E-state index in [1.54, 1.807) is 0 Å². The molecule has 1 aromatic rings. The maximum Gasteiger partial charge on any atom is 0.0627 e. The number of rotatable bonds is 7. The summed E-state index contributed by atoms with van der Waals surface area (Å²) in [6.45, 7) is 10.2. The predicted molar refractivity (Wildman–Crippen MR) is 73.0 cm³/mol. The second-order valence-corrected chi connectivity index (χ2v) is 5.34. The lowest BCUT2D eigenvalue weighted by atomic mass is 9.85. The average molecular weight is 237 g/mol. The van der Waals surface area contributed by atoms with Gasteiger partial charge in [-0.2, -0.15) is 5.10 Å². The van der Waals surface area contributed by atoms with E-state index in [4.69, 9.17) is 0 Å². The van der Waals surface area contributed by atoms with Crippen LogP contribution in [0.2, 0.25) is 0 Å². The minimum Gasteiger partial charge on any atom is -0.314 e. The fourth-order valence-electron chi connectivity index (χ4n) is 2.33. The van der Waals surface area contributed by atoms with Gasteiger partial charge in [0.05, 0.1) is 5.69 Å². The van der Waals surface area contributed by atoms with Gasteiger partial charge >= 0.3 is 0 Å². The van der Waals surface area contributed by atoms with E-state index >= 15 is 0 Å². The van der Waals surface area contributed by atoms with E-state index in [2.05, 4.69) is 44.2 Å². The van der Waals surface area contributed by atoms with Crippen LogP contribution < -0.4 is 5.32 Å². The van der Waals surface area contributed by atoms with Gasteiger partial charge in [0, 0.05) is 19.3 Å². The smallest absolute Gasteiger partial charge is 0.0627 e. The molecule has 2 unspecified atom stereocenters. The summed E-state index contributed by atoms with van der Waals surface area (Å²) in [5.74, 6) is 1.33. The Labute approximate surface area is 106 Å². The minimum absolute atomic E-state index is 0.553. The maximum absolute atomic E-state index is 4.48. The minimum atomic E-state index is 0.553. The largest absolute Gasteiger partial charge is 0.314 e. The summed E-state index contributed by atoms with van der Waals surface area (Å²) in [7, 11) is 1.98. The molecule has 3 nitrogen and oxygen atoms in total.